The highest BCUT2D eigenvalue weighted by molar-refractivity contribution is 6.32. The molecule has 10 heteroatoms. The zero-order valence-electron chi connectivity index (χ0n) is 22.0. The first kappa shape index (κ1) is 25.4. The van der Waals surface area contributed by atoms with Crippen molar-refractivity contribution in [1.82, 2.24) is 14.5 Å². The second-order valence-corrected chi connectivity index (χ2v) is 10.9. The Morgan fingerprint density at radius 2 is 1.74 bits per heavy atom. The number of aryl methyl sites for hydroxylation is 2. The van der Waals surface area contributed by atoms with Gasteiger partial charge in [-0.3, -0.25) is 19.5 Å². The van der Waals surface area contributed by atoms with Crippen molar-refractivity contribution in [3.05, 3.63) is 86.9 Å². The van der Waals surface area contributed by atoms with Crippen LogP contribution in [0.2, 0.25) is 10.0 Å². The predicted molar refractivity (Wildman–Crippen MR) is 151 cm³/mol. The minimum Gasteiger partial charge on any atom is -0.496 e. The van der Waals surface area contributed by atoms with Gasteiger partial charge >= 0.3 is 0 Å². The number of ether oxygens (including phenoxy) is 1. The van der Waals surface area contributed by atoms with Gasteiger partial charge < -0.3 is 14.6 Å². The molecule has 0 bridgehead atoms. The molecule has 1 spiro atoms. The van der Waals surface area contributed by atoms with Crippen molar-refractivity contribution in [1.29, 1.82) is 0 Å². The lowest BCUT2D eigenvalue weighted by atomic mass is 9.86. The van der Waals surface area contributed by atoms with E-state index in [9.17, 15) is 9.59 Å². The van der Waals surface area contributed by atoms with Crippen LogP contribution in [0.1, 0.15) is 52.9 Å². The molecule has 2 aliphatic rings. The van der Waals surface area contributed by atoms with E-state index in [4.69, 9.17) is 32.9 Å². The summed E-state index contributed by atoms with van der Waals surface area (Å²) in [5.41, 5.74) is 2.94. The van der Waals surface area contributed by atoms with Gasteiger partial charge in [0.05, 0.1) is 24.1 Å². The summed E-state index contributed by atoms with van der Waals surface area (Å²) in [6.45, 7) is 7.72. The highest BCUT2D eigenvalue weighted by Gasteiger charge is 2.64. The number of pyridine rings is 1. The van der Waals surface area contributed by atoms with Gasteiger partial charge in [-0.2, -0.15) is 0 Å². The molecule has 2 aromatic heterocycles. The second-order valence-electron chi connectivity index (χ2n) is 10.0. The molecule has 0 fully saturated rings. The summed E-state index contributed by atoms with van der Waals surface area (Å²) < 4.78 is 7.61. The maximum absolute atomic E-state index is 14.4. The number of aromatic nitrogens is 3. The number of halogens is 2. The van der Waals surface area contributed by atoms with Crippen molar-refractivity contribution in [2.75, 3.05) is 17.3 Å². The minimum absolute atomic E-state index is 0.179. The van der Waals surface area contributed by atoms with E-state index in [1.54, 1.807) is 43.6 Å². The molecule has 0 aliphatic carbocycles. The quantitative estimate of drug-likeness (QED) is 0.315. The number of methoxy groups -OCH3 is 1. The van der Waals surface area contributed by atoms with Gasteiger partial charge in [-0.25, -0.2) is 4.98 Å². The van der Waals surface area contributed by atoms with Crippen molar-refractivity contribution >= 4 is 46.4 Å². The van der Waals surface area contributed by atoms with Gasteiger partial charge in [0.1, 0.15) is 11.6 Å². The number of carbonyl (C=O) groups excluding carboxylic acids is 2. The number of amides is 2. The monoisotopic (exact) mass is 561 g/mol. The van der Waals surface area contributed by atoms with Crippen LogP contribution < -0.4 is 15.0 Å². The highest BCUT2D eigenvalue weighted by Crippen LogP contribution is 2.55. The van der Waals surface area contributed by atoms with E-state index >= 15 is 0 Å². The number of benzene rings is 2. The Morgan fingerprint density at radius 1 is 1.03 bits per heavy atom. The Balaban J connectivity index is 1.74. The standard InChI is InChI=1S/C29H25Cl2N5O3/c1-14(2)35-25-24(34-26(35)19-13-32-16(4)10-23(19)39-5)27(37)36(22-12-18(31)7-6-15(22)3)29(25)20-9-8-17(30)11-21(20)33-28(29)38/h6-14H,1-5H3,(H,33,38)/t29-/m1/s1. The highest BCUT2D eigenvalue weighted by atomic mass is 35.5. The van der Waals surface area contributed by atoms with E-state index < -0.39 is 11.4 Å². The van der Waals surface area contributed by atoms with Gasteiger partial charge in [0.15, 0.2) is 11.2 Å². The van der Waals surface area contributed by atoms with Gasteiger partial charge in [0, 0.05) is 45.3 Å². The molecule has 0 saturated heterocycles. The summed E-state index contributed by atoms with van der Waals surface area (Å²) in [5.74, 6) is 0.270. The number of nitrogens with one attached hydrogen (secondary N) is 1. The van der Waals surface area contributed by atoms with Crippen LogP contribution in [0.25, 0.3) is 11.4 Å². The van der Waals surface area contributed by atoms with Crippen LogP contribution in [0.4, 0.5) is 11.4 Å². The fraction of sp³-hybridized carbons (Fsp3) is 0.241. The second kappa shape index (κ2) is 8.83. The van der Waals surface area contributed by atoms with Crippen molar-refractivity contribution in [3.8, 4) is 17.1 Å². The SMILES string of the molecule is COc1cc(C)ncc1-c1nc2c(n1C(C)C)[C@]1(C(=O)Nc3cc(Cl)ccc31)N(c1cc(Cl)ccc1C)C2=O. The van der Waals surface area contributed by atoms with Crippen LogP contribution in [0.15, 0.2) is 48.7 Å². The third kappa shape index (κ3) is 3.44. The molecule has 2 aliphatic heterocycles. The molecule has 0 radical (unpaired) electrons. The lowest BCUT2D eigenvalue weighted by Gasteiger charge is -2.36. The van der Waals surface area contributed by atoms with Crippen molar-refractivity contribution in [2.24, 2.45) is 0 Å². The van der Waals surface area contributed by atoms with Crippen molar-refractivity contribution in [3.63, 3.8) is 0 Å². The molecule has 2 aromatic carbocycles. The van der Waals surface area contributed by atoms with E-state index in [1.165, 1.54) is 4.90 Å². The third-order valence-electron chi connectivity index (χ3n) is 7.34. The Bertz CT molecular complexity index is 1710. The van der Waals surface area contributed by atoms with E-state index in [0.29, 0.717) is 49.8 Å². The molecule has 1 N–H and O–H groups in total. The third-order valence-corrected chi connectivity index (χ3v) is 7.81. The molecule has 4 aromatic rings. The van der Waals surface area contributed by atoms with Crippen molar-refractivity contribution < 1.29 is 14.3 Å². The van der Waals surface area contributed by atoms with Crippen LogP contribution in [-0.4, -0.2) is 33.5 Å². The number of hydrogen-bond acceptors (Lipinski definition) is 5. The fourth-order valence-electron chi connectivity index (χ4n) is 5.70. The normalized spacial score (nSPS) is 17.7. The first-order valence-electron chi connectivity index (χ1n) is 12.5. The Morgan fingerprint density at radius 3 is 2.46 bits per heavy atom. The predicted octanol–water partition coefficient (Wildman–Crippen LogP) is 6.31. The minimum atomic E-state index is -1.55. The molecule has 8 nitrogen and oxygen atoms in total. The molecule has 0 unspecified atom stereocenters. The van der Waals surface area contributed by atoms with Crippen LogP contribution in [-0.2, 0) is 10.3 Å². The van der Waals surface area contributed by atoms with Gasteiger partial charge in [-0.15, -0.1) is 0 Å². The molecular formula is C29H25Cl2N5O3. The fourth-order valence-corrected chi connectivity index (χ4v) is 6.04. The number of rotatable bonds is 4. The molecule has 1 atom stereocenters. The van der Waals surface area contributed by atoms with E-state index in [1.807, 2.05) is 44.4 Å². The number of carbonyl (C=O) groups is 2. The van der Waals surface area contributed by atoms with Crippen LogP contribution in [0.3, 0.4) is 0 Å². The summed E-state index contributed by atoms with van der Waals surface area (Å²) in [4.78, 5) is 39.6. The molecule has 4 heterocycles. The average molecular weight is 562 g/mol. The number of fused-ring (bicyclic) bond motifs is 4. The summed E-state index contributed by atoms with van der Waals surface area (Å²) in [6.07, 6.45) is 1.68. The van der Waals surface area contributed by atoms with Gasteiger partial charge in [-0.05, 0) is 57.5 Å². The summed E-state index contributed by atoms with van der Waals surface area (Å²) >= 11 is 12.7. The smallest absolute Gasteiger partial charge is 0.280 e. The molecular weight excluding hydrogens is 537 g/mol. The number of nitrogens with zero attached hydrogens (tertiary/aromatic N) is 4. The maximum atomic E-state index is 14.4. The molecule has 6 rings (SSSR count). The van der Waals surface area contributed by atoms with E-state index in [0.717, 1.165) is 11.3 Å². The number of imidazole rings is 1. The lowest BCUT2D eigenvalue weighted by molar-refractivity contribution is -0.119. The van der Waals surface area contributed by atoms with Gasteiger partial charge in [0.25, 0.3) is 11.8 Å². The van der Waals surface area contributed by atoms with E-state index in [-0.39, 0.29) is 17.6 Å². The van der Waals surface area contributed by atoms with E-state index in [2.05, 4.69) is 10.3 Å². The van der Waals surface area contributed by atoms with Gasteiger partial charge in [-0.1, -0.05) is 35.3 Å². The average Bonchev–Trinajstić information content (AvgIpc) is 3.49. The first-order valence-corrected chi connectivity index (χ1v) is 13.2. The molecule has 0 saturated carbocycles. The Kier molecular flexibility index (Phi) is 5.75. The maximum Gasteiger partial charge on any atom is 0.280 e. The summed E-state index contributed by atoms with van der Waals surface area (Å²) in [7, 11) is 1.58. The Labute approximate surface area is 235 Å². The zero-order valence-corrected chi connectivity index (χ0v) is 23.5. The van der Waals surface area contributed by atoms with Crippen molar-refractivity contribution in [2.45, 2.75) is 39.3 Å². The summed E-state index contributed by atoms with van der Waals surface area (Å²) in [5, 5.41) is 3.90. The number of anilines is 2. The Hall–Kier alpha value is -3.88. The molecule has 198 valence electrons. The molecule has 39 heavy (non-hydrogen) atoms. The largest absolute Gasteiger partial charge is 0.496 e. The topological polar surface area (TPSA) is 89.3 Å². The van der Waals surface area contributed by atoms with Crippen LogP contribution in [0.5, 0.6) is 5.75 Å². The number of hydrogen-bond donors (Lipinski definition) is 1. The summed E-state index contributed by atoms with van der Waals surface area (Å²) in [6, 6.07) is 12.1. The molecule has 2 amide bonds. The zero-order chi connectivity index (χ0) is 27.8. The first-order chi connectivity index (χ1) is 18.6. The van der Waals surface area contributed by atoms with Crippen LogP contribution >= 0.6 is 23.2 Å². The van der Waals surface area contributed by atoms with Gasteiger partial charge in [0.2, 0.25) is 0 Å². The van der Waals surface area contributed by atoms with Crippen LogP contribution in [0, 0.1) is 13.8 Å². The lowest BCUT2D eigenvalue weighted by Crippen LogP contribution is -2.51.